The minimum atomic E-state index is -0.242. The van der Waals surface area contributed by atoms with Gasteiger partial charge in [-0.05, 0) is 48.2 Å². The van der Waals surface area contributed by atoms with Crippen molar-refractivity contribution >= 4 is 5.91 Å². The third-order valence-corrected chi connectivity index (χ3v) is 4.50. The van der Waals surface area contributed by atoms with E-state index in [1.807, 2.05) is 36.2 Å². The van der Waals surface area contributed by atoms with E-state index < -0.39 is 0 Å². The Bertz CT molecular complexity index is 642. The molecule has 0 N–H and O–H groups in total. The molecule has 0 spiro atoms. The lowest BCUT2D eigenvalue weighted by Gasteiger charge is -2.24. The summed E-state index contributed by atoms with van der Waals surface area (Å²) >= 11 is 0. The predicted octanol–water partition coefficient (Wildman–Crippen LogP) is 4.51. The Morgan fingerprint density at radius 1 is 0.955 bits per heavy atom. The lowest BCUT2D eigenvalue weighted by Crippen LogP contribution is -2.35. The van der Waals surface area contributed by atoms with Crippen LogP contribution in [0.1, 0.15) is 36.0 Å². The van der Waals surface area contributed by atoms with Gasteiger partial charge in [-0.15, -0.1) is 0 Å². The minimum absolute atomic E-state index is 0.0811. The second-order valence-electron chi connectivity index (χ2n) is 5.94. The first-order valence-corrected chi connectivity index (χ1v) is 7.78. The van der Waals surface area contributed by atoms with Crippen molar-refractivity contribution in [1.29, 1.82) is 0 Å². The quantitative estimate of drug-likeness (QED) is 0.816. The van der Waals surface area contributed by atoms with Gasteiger partial charge in [0.2, 0.25) is 0 Å². The third kappa shape index (κ3) is 3.03. The first-order valence-electron chi connectivity index (χ1n) is 7.78. The summed E-state index contributed by atoms with van der Waals surface area (Å²) in [6.07, 6.45) is 4.64. The van der Waals surface area contributed by atoms with Crippen LogP contribution in [0.4, 0.5) is 4.39 Å². The Labute approximate surface area is 130 Å². The summed E-state index contributed by atoms with van der Waals surface area (Å²) in [5.74, 6) is -0.161. The van der Waals surface area contributed by atoms with Crippen molar-refractivity contribution in [3.05, 3.63) is 59.9 Å². The zero-order chi connectivity index (χ0) is 15.5. The first kappa shape index (κ1) is 14.8. The van der Waals surface area contributed by atoms with Crippen LogP contribution in [0, 0.1) is 5.82 Å². The molecule has 2 nitrogen and oxygen atoms in total. The van der Waals surface area contributed by atoms with Crippen LogP contribution < -0.4 is 0 Å². The molecule has 0 bridgehead atoms. The van der Waals surface area contributed by atoms with Crippen molar-refractivity contribution in [2.75, 3.05) is 7.05 Å². The van der Waals surface area contributed by atoms with E-state index >= 15 is 0 Å². The maximum absolute atomic E-state index is 13.0. The fourth-order valence-electron chi connectivity index (χ4n) is 3.11. The highest BCUT2D eigenvalue weighted by Gasteiger charge is 2.24. The van der Waals surface area contributed by atoms with Crippen LogP contribution in [-0.4, -0.2) is 23.9 Å². The Kier molecular flexibility index (Phi) is 4.23. The molecule has 1 aliphatic carbocycles. The average Bonchev–Trinajstić information content (AvgIpc) is 3.09. The highest BCUT2D eigenvalue weighted by Crippen LogP contribution is 2.25. The Morgan fingerprint density at radius 3 is 2.00 bits per heavy atom. The lowest BCUT2D eigenvalue weighted by molar-refractivity contribution is 0.0735. The van der Waals surface area contributed by atoms with Gasteiger partial charge >= 0.3 is 0 Å². The minimum Gasteiger partial charge on any atom is -0.339 e. The fraction of sp³-hybridized carbons (Fsp3) is 0.316. The number of amides is 1. The molecule has 1 saturated carbocycles. The number of carbonyl (C=O) groups is 1. The summed E-state index contributed by atoms with van der Waals surface area (Å²) < 4.78 is 13.0. The number of hydrogen-bond acceptors (Lipinski definition) is 1. The van der Waals surface area contributed by atoms with Crippen LogP contribution in [-0.2, 0) is 0 Å². The zero-order valence-electron chi connectivity index (χ0n) is 12.8. The molecular formula is C19H20FNO. The smallest absolute Gasteiger partial charge is 0.253 e. The van der Waals surface area contributed by atoms with Gasteiger partial charge in [0, 0.05) is 18.7 Å². The molecule has 2 aromatic carbocycles. The average molecular weight is 297 g/mol. The van der Waals surface area contributed by atoms with Crippen LogP contribution in [0.25, 0.3) is 11.1 Å². The van der Waals surface area contributed by atoms with Crippen molar-refractivity contribution < 1.29 is 9.18 Å². The molecule has 0 aliphatic heterocycles. The van der Waals surface area contributed by atoms with E-state index in [1.165, 1.54) is 25.0 Å². The summed E-state index contributed by atoms with van der Waals surface area (Å²) in [5.41, 5.74) is 2.64. The molecule has 114 valence electrons. The second-order valence-corrected chi connectivity index (χ2v) is 5.94. The summed E-state index contributed by atoms with van der Waals surface area (Å²) in [5, 5.41) is 0. The Balaban J connectivity index is 1.75. The van der Waals surface area contributed by atoms with E-state index in [-0.39, 0.29) is 11.7 Å². The Morgan fingerprint density at radius 2 is 1.45 bits per heavy atom. The highest BCUT2D eigenvalue weighted by atomic mass is 19.1. The molecule has 1 fully saturated rings. The van der Waals surface area contributed by atoms with Crippen LogP contribution in [0.3, 0.4) is 0 Å². The number of nitrogens with zero attached hydrogens (tertiary/aromatic N) is 1. The molecule has 3 rings (SSSR count). The van der Waals surface area contributed by atoms with Gasteiger partial charge in [0.15, 0.2) is 0 Å². The molecule has 0 radical (unpaired) electrons. The topological polar surface area (TPSA) is 20.3 Å². The second kappa shape index (κ2) is 6.30. The maximum Gasteiger partial charge on any atom is 0.253 e. The van der Waals surface area contributed by atoms with Crippen molar-refractivity contribution in [2.24, 2.45) is 0 Å². The van der Waals surface area contributed by atoms with Gasteiger partial charge < -0.3 is 4.90 Å². The molecule has 1 aliphatic rings. The monoisotopic (exact) mass is 297 g/mol. The van der Waals surface area contributed by atoms with E-state index in [4.69, 9.17) is 0 Å². The first-order chi connectivity index (χ1) is 10.6. The van der Waals surface area contributed by atoms with Crippen LogP contribution in [0.15, 0.2) is 48.5 Å². The molecule has 0 heterocycles. The van der Waals surface area contributed by atoms with Crippen LogP contribution in [0.5, 0.6) is 0 Å². The van der Waals surface area contributed by atoms with Crippen molar-refractivity contribution in [3.8, 4) is 11.1 Å². The molecular weight excluding hydrogens is 277 g/mol. The zero-order valence-corrected chi connectivity index (χ0v) is 12.8. The molecule has 2 aromatic rings. The number of halogens is 1. The maximum atomic E-state index is 13.0. The molecule has 0 atom stereocenters. The number of rotatable bonds is 3. The number of carbonyl (C=O) groups excluding carboxylic acids is 1. The van der Waals surface area contributed by atoms with E-state index in [0.717, 1.165) is 24.0 Å². The summed E-state index contributed by atoms with van der Waals surface area (Å²) in [6.45, 7) is 0. The Hall–Kier alpha value is -2.16. The van der Waals surface area contributed by atoms with E-state index in [1.54, 1.807) is 12.1 Å². The molecule has 0 unspecified atom stereocenters. The fourth-order valence-corrected chi connectivity index (χ4v) is 3.11. The third-order valence-electron chi connectivity index (χ3n) is 4.50. The van der Waals surface area contributed by atoms with Gasteiger partial charge in [0.25, 0.3) is 5.91 Å². The van der Waals surface area contributed by atoms with E-state index in [0.29, 0.717) is 11.6 Å². The van der Waals surface area contributed by atoms with Gasteiger partial charge in [-0.1, -0.05) is 37.1 Å². The van der Waals surface area contributed by atoms with Gasteiger partial charge in [-0.2, -0.15) is 0 Å². The van der Waals surface area contributed by atoms with Gasteiger partial charge in [-0.3, -0.25) is 4.79 Å². The molecule has 0 aromatic heterocycles. The molecule has 3 heteroatoms. The van der Waals surface area contributed by atoms with Crippen LogP contribution in [0.2, 0.25) is 0 Å². The summed E-state index contributed by atoms with van der Waals surface area (Å²) in [4.78, 5) is 14.4. The van der Waals surface area contributed by atoms with Crippen molar-refractivity contribution in [2.45, 2.75) is 31.7 Å². The van der Waals surface area contributed by atoms with Gasteiger partial charge in [0.05, 0.1) is 0 Å². The number of benzene rings is 2. The highest BCUT2D eigenvalue weighted by molar-refractivity contribution is 5.94. The lowest BCUT2D eigenvalue weighted by atomic mass is 10.0. The molecule has 0 saturated heterocycles. The largest absolute Gasteiger partial charge is 0.339 e. The van der Waals surface area contributed by atoms with E-state index in [2.05, 4.69) is 0 Å². The van der Waals surface area contributed by atoms with Gasteiger partial charge in [-0.25, -0.2) is 4.39 Å². The SMILES string of the molecule is CN(C(=O)c1ccc(-c2ccc(F)cc2)cc1)C1CCCC1. The number of hydrogen-bond donors (Lipinski definition) is 0. The molecule has 22 heavy (non-hydrogen) atoms. The normalized spacial score (nSPS) is 15.0. The van der Waals surface area contributed by atoms with E-state index in [9.17, 15) is 9.18 Å². The summed E-state index contributed by atoms with van der Waals surface area (Å²) in [6, 6.07) is 14.3. The predicted molar refractivity (Wildman–Crippen MR) is 86.2 cm³/mol. The van der Waals surface area contributed by atoms with Crippen molar-refractivity contribution in [1.82, 2.24) is 4.90 Å². The summed E-state index contributed by atoms with van der Waals surface area (Å²) in [7, 11) is 1.90. The standard InChI is InChI=1S/C19H20FNO/c1-21(18-4-2-3-5-18)19(22)16-8-6-14(7-9-16)15-10-12-17(20)13-11-15/h6-13,18H,2-5H2,1H3. The van der Waals surface area contributed by atoms with Crippen molar-refractivity contribution in [3.63, 3.8) is 0 Å². The van der Waals surface area contributed by atoms with Crippen LogP contribution >= 0.6 is 0 Å². The van der Waals surface area contributed by atoms with Gasteiger partial charge in [0.1, 0.15) is 5.82 Å². The molecule has 1 amide bonds.